The fourth-order valence-electron chi connectivity index (χ4n) is 1.05. The number of nitrogens with zero attached hydrogens (tertiary/aromatic N) is 2. The second kappa shape index (κ2) is 5.77. The van der Waals surface area contributed by atoms with E-state index < -0.39 is 0 Å². The van der Waals surface area contributed by atoms with E-state index in [4.69, 9.17) is 15.2 Å². The second-order valence-corrected chi connectivity index (χ2v) is 4.10. The summed E-state index contributed by atoms with van der Waals surface area (Å²) in [5, 5.41) is 0. The first-order valence-electron chi connectivity index (χ1n) is 5.27. The molecule has 5 heteroatoms. The molecule has 1 aromatic heterocycles. The Bertz CT molecular complexity index is 329. The van der Waals surface area contributed by atoms with Crippen molar-refractivity contribution in [3.05, 3.63) is 18.0 Å². The van der Waals surface area contributed by atoms with E-state index in [9.17, 15) is 0 Å². The average Bonchev–Trinajstić information content (AvgIpc) is 2.29. The van der Waals surface area contributed by atoms with E-state index in [2.05, 4.69) is 9.97 Å². The van der Waals surface area contributed by atoms with Gasteiger partial charge >= 0.3 is 6.01 Å². The fourth-order valence-corrected chi connectivity index (χ4v) is 1.05. The lowest BCUT2D eigenvalue weighted by Crippen LogP contribution is -2.25. The van der Waals surface area contributed by atoms with E-state index >= 15 is 0 Å². The van der Waals surface area contributed by atoms with Crippen LogP contribution in [0, 0.1) is 0 Å². The Morgan fingerprint density at radius 2 is 2.19 bits per heavy atom. The van der Waals surface area contributed by atoms with Gasteiger partial charge in [0, 0.05) is 26.3 Å². The topological polar surface area (TPSA) is 70.3 Å². The maximum Gasteiger partial charge on any atom is 0.316 e. The third-order valence-electron chi connectivity index (χ3n) is 2.39. The van der Waals surface area contributed by atoms with Gasteiger partial charge in [0.25, 0.3) is 0 Å². The Morgan fingerprint density at radius 1 is 1.44 bits per heavy atom. The van der Waals surface area contributed by atoms with Crippen LogP contribution in [0.5, 0.6) is 6.01 Å². The Kier molecular flexibility index (Phi) is 4.64. The van der Waals surface area contributed by atoms with Gasteiger partial charge in [0.2, 0.25) is 0 Å². The van der Waals surface area contributed by atoms with Crippen molar-refractivity contribution >= 4 is 0 Å². The van der Waals surface area contributed by atoms with Gasteiger partial charge in [-0.25, -0.2) is 4.98 Å². The minimum absolute atomic E-state index is 0.189. The summed E-state index contributed by atoms with van der Waals surface area (Å²) < 4.78 is 10.7. The van der Waals surface area contributed by atoms with Crippen LogP contribution in [0.2, 0.25) is 0 Å². The van der Waals surface area contributed by atoms with Crippen LogP contribution in [0.4, 0.5) is 0 Å². The molecule has 0 saturated heterocycles. The van der Waals surface area contributed by atoms with Crippen LogP contribution >= 0.6 is 0 Å². The van der Waals surface area contributed by atoms with Crippen LogP contribution in [0.15, 0.2) is 12.3 Å². The first-order chi connectivity index (χ1) is 7.57. The van der Waals surface area contributed by atoms with Crippen LogP contribution in [-0.2, 0) is 11.3 Å². The standard InChI is InChI=1S/C11H19N3O2/c1-11(2,15-3)5-7-16-10-13-6-4-9(8-12)14-10/h4,6H,5,7-8,12H2,1-3H3. The summed E-state index contributed by atoms with van der Waals surface area (Å²) in [5.41, 5.74) is 6.06. The molecule has 5 nitrogen and oxygen atoms in total. The zero-order valence-electron chi connectivity index (χ0n) is 10.1. The zero-order valence-corrected chi connectivity index (χ0v) is 10.1. The summed E-state index contributed by atoms with van der Waals surface area (Å²) in [7, 11) is 1.69. The van der Waals surface area contributed by atoms with Gasteiger partial charge in [-0.3, -0.25) is 0 Å². The monoisotopic (exact) mass is 225 g/mol. The molecule has 0 radical (unpaired) electrons. The third-order valence-corrected chi connectivity index (χ3v) is 2.39. The first kappa shape index (κ1) is 12.9. The van der Waals surface area contributed by atoms with Crippen molar-refractivity contribution in [2.45, 2.75) is 32.4 Å². The Labute approximate surface area is 96.0 Å². The molecule has 0 spiro atoms. The highest BCUT2D eigenvalue weighted by atomic mass is 16.5. The van der Waals surface area contributed by atoms with Crippen LogP contribution in [0.25, 0.3) is 0 Å². The van der Waals surface area contributed by atoms with E-state index in [1.807, 2.05) is 13.8 Å². The molecule has 0 unspecified atom stereocenters. The van der Waals surface area contributed by atoms with Gasteiger partial charge in [-0.15, -0.1) is 0 Å². The molecule has 0 saturated carbocycles. The normalized spacial score (nSPS) is 11.5. The number of methoxy groups -OCH3 is 1. The van der Waals surface area contributed by atoms with Crippen molar-refractivity contribution in [3.63, 3.8) is 0 Å². The molecule has 1 rings (SSSR count). The lowest BCUT2D eigenvalue weighted by molar-refractivity contribution is 0.00465. The largest absolute Gasteiger partial charge is 0.463 e. The highest BCUT2D eigenvalue weighted by Gasteiger charge is 2.16. The maximum absolute atomic E-state index is 5.47. The third kappa shape index (κ3) is 4.12. The Balaban J connectivity index is 2.42. The molecule has 0 amide bonds. The lowest BCUT2D eigenvalue weighted by atomic mass is 10.1. The minimum Gasteiger partial charge on any atom is -0.463 e. The molecule has 0 aromatic carbocycles. The highest BCUT2D eigenvalue weighted by molar-refractivity contribution is 5.04. The fraction of sp³-hybridized carbons (Fsp3) is 0.636. The second-order valence-electron chi connectivity index (χ2n) is 4.10. The maximum atomic E-state index is 5.47. The first-order valence-corrected chi connectivity index (χ1v) is 5.27. The molecule has 1 aromatic rings. The molecule has 0 atom stereocenters. The van der Waals surface area contributed by atoms with E-state index in [1.54, 1.807) is 19.4 Å². The Hall–Kier alpha value is -1.20. The van der Waals surface area contributed by atoms with Crippen LogP contribution in [-0.4, -0.2) is 29.3 Å². The summed E-state index contributed by atoms with van der Waals surface area (Å²) >= 11 is 0. The summed E-state index contributed by atoms with van der Waals surface area (Å²) in [6.45, 7) is 4.93. The zero-order chi connectivity index (χ0) is 12.0. The minimum atomic E-state index is -0.189. The quantitative estimate of drug-likeness (QED) is 0.785. The van der Waals surface area contributed by atoms with Crippen LogP contribution < -0.4 is 10.5 Å². The highest BCUT2D eigenvalue weighted by Crippen LogP contribution is 2.13. The summed E-state index contributed by atoms with van der Waals surface area (Å²) in [6.07, 6.45) is 2.42. The van der Waals surface area contributed by atoms with Gasteiger partial charge in [0.15, 0.2) is 0 Å². The average molecular weight is 225 g/mol. The Morgan fingerprint density at radius 3 is 2.81 bits per heavy atom. The molecule has 16 heavy (non-hydrogen) atoms. The van der Waals surface area contributed by atoms with Gasteiger partial charge in [-0.1, -0.05) is 0 Å². The molecule has 2 N–H and O–H groups in total. The van der Waals surface area contributed by atoms with Crippen molar-refractivity contribution in [2.75, 3.05) is 13.7 Å². The van der Waals surface area contributed by atoms with Crippen LogP contribution in [0.1, 0.15) is 26.0 Å². The summed E-state index contributed by atoms with van der Waals surface area (Å²) in [4.78, 5) is 8.14. The predicted molar refractivity (Wildman–Crippen MR) is 61.1 cm³/mol. The molecule has 0 fully saturated rings. The van der Waals surface area contributed by atoms with Crippen LogP contribution in [0.3, 0.4) is 0 Å². The van der Waals surface area contributed by atoms with Crippen molar-refractivity contribution < 1.29 is 9.47 Å². The number of aromatic nitrogens is 2. The van der Waals surface area contributed by atoms with E-state index in [-0.39, 0.29) is 5.60 Å². The SMILES string of the molecule is COC(C)(C)CCOc1nccc(CN)n1. The molecule has 0 aliphatic carbocycles. The number of nitrogens with two attached hydrogens (primary N) is 1. The van der Waals surface area contributed by atoms with Crippen molar-refractivity contribution in [1.82, 2.24) is 9.97 Å². The van der Waals surface area contributed by atoms with Crippen molar-refractivity contribution in [3.8, 4) is 6.01 Å². The molecule has 0 aliphatic rings. The van der Waals surface area contributed by atoms with Gasteiger partial charge in [0.1, 0.15) is 0 Å². The molecule has 90 valence electrons. The van der Waals surface area contributed by atoms with E-state index in [0.29, 0.717) is 19.2 Å². The van der Waals surface area contributed by atoms with Gasteiger partial charge < -0.3 is 15.2 Å². The molecule has 1 heterocycles. The number of hydrogen-bond donors (Lipinski definition) is 1. The van der Waals surface area contributed by atoms with E-state index in [0.717, 1.165) is 12.1 Å². The molecular formula is C11H19N3O2. The summed E-state index contributed by atoms with van der Waals surface area (Å²) in [6, 6.07) is 2.14. The smallest absolute Gasteiger partial charge is 0.316 e. The van der Waals surface area contributed by atoms with Gasteiger partial charge in [-0.2, -0.15) is 4.98 Å². The van der Waals surface area contributed by atoms with E-state index in [1.165, 1.54) is 0 Å². The molecule has 0 aliphatic heterocycles. The van der Waals surface area contributed by atoms with Crippen molar-refractivity contribution in [1.29, 1.82) is 0 Å². The molecular weight excluding hydrogens is 206 g/mol. The van der Waals surface area contributed by atoms with Crippen molar-refractivity contribution in [2.24, 2.45) is 5.73 Å². The number of rotatable bonds is 6. The number of hydrogen-bond acceptors (Lipinski definition) is 5. The molecule has 0 bridgehead atoms. The summed E-state index contributed by atoms with van der Waals surface area (Å²) in [5.74, 6) is 0. The van der Waals surface area contributed by atoms with Gasteiger partial charge in [-0.05, 0) is 19.9 Å². The van der Waals surface area contributed by atoms with Gasteiger partial charge in [0.05, 0.1) is 17.9 Å². The predicted octanol–water partition coefficient (Wildman–Crippen LogP) is 1.13. The lowest BCUT2D eigenvalue weighted by Gasteiger charge is -2.22. The number of ether oxygens (including phenoxy) is 2.